The minimum atomic E-state index is -2.89. The zero-order chi connectivity index (χ0) is 25.3. The van der Waals surface area contributed by atoms with E-state index in [1.165, 1.54) is 77.0 Å². The fraction of sp³-hybridized carbons (Fsp3) is 0.963. The smallest absolute Gasteiger partial charge is 0.501 e. The van der Waals surface area contributed by atoms with Gasteiger partial charge in [-0.2, -0.15) is 0 Å². The van der Waals surface area contributed by atoms with Crippen molar-refractivity contribution in [2.75, 3.05) is 19.8 Å². The third kappa shape index (κ3) is 10.8. The summed E-state index contributed by atoms with van der Waals surface area (Å²) in [5, 5.41) is 0. The van der Waals surface area contributed by atoms with Gasteiger partial charge in [0.05, 0.1) is 5.92 Å². The lowest BCUT2D eigenvalue weighted by molar-refractivity contribution is -0.139. The number of hydrogen-bond donors (Lipinski definition) is 0. The minimum Gasteiger partial charge on any atom is -0.519 e. The summed E-state index contributed by atoms with van der Waals surface area (Å²) < 4.78 is 24.9. The maximum Gasteiger partial charge on any atom is 0.501 e. The van der Waals surface area contributed by atoms with E-state index in [4.69, 9.17) is 17.7 Å². The minimum absolute atomic E-state index is 0.0273. The molecule has 7 heteroatoms. The molecule has 0 aliphatic heterocycles. The molecule has 34 heavy (non-hydrogen) atoms. The van der Waals surface area contributed by atoms with Crippen molar-refractivity contribution < 1.29 is 22.5 Å². The van der Waals surface area contributed by atoms with Gasteiger partial charge >= 0.3 is 8.80 Å². The second kappa shape index (κ2) is 18.1. The number of carbonyl (C=O) groups is 1. The van der Waals surface area contributed by atoms with Gasteiger partial charge < -0.3 is 17.7 Å². The van der Waals surface area contributed by atoms with Crippen molar-refractivity contribution in [2.24, 2.45) is 5.92 Å². The zero-order valence-corrected chi connectivity index (χ0v) is 25.4. The summed E-state index contributed by atoms with van der Waals surface area (Å²) in [6, 6.07) is 2.79. The van der Waals surface area contributed by atoms with Crippen LogP contribution in [0.2, 0.25) is 23.7 Å². The average molecular weight is 517 g/mol. The van der Waals surface area contributed by atoms with Crippen LogP contribution in [0.3, 0.4) is 0 Å². The van der Waals surface area contributed by atoms with E-state index in [0.717, 1.165) is 12.1 Å². The first-order valence-corrected chi connectivity index (χ1v) is 18.9. The maximum atomic E-state index is 13.7. The van der Waals surface area contributed by atoms with Crippen molar-refractivity contribution in [1.82, 2.24) is 0 Å². The summed E-state index contributed by atoms with van der Waals surface area (Å²) in [6.07, 6.45) is 15.1. The summed E-state index contributed by atoms with van der Waals surface area (Å²) in [4.78, 5) is 13.7. The van der Waals surface area contributed by atoms with Gasteiger partial charge in [-0.05, 0) is 51.2 Å². The Bertz CT molecular complexity index is 496. The van der Waals surface area contributed by atoms with Crippen molar-refractivity contribution in [2.45, 2.75) is 142 Å². The molecular weight excluding hydrogens is 460 g/mol. The largest absolute Gasteiger partial charge is 0.519 e. The highest BCUT2D eigenvalue weighted by atomic mass is 28.4. The van der Waals surface area contributed by atoms with Crippen LogP contribution in [0.1, 0.15) is 119 Å². The van der Waals surface area contributed by atoms with Crippen LogP contribution < -0.4 is 0 Å². The molecule has 0 amide bonds. The molecule has 1 unspecified atom stereocenters. The van der Waals surface area contributed by atoms with Gasteiger partial charge in [0.25, 0.3) is 14.3 Å². The molecule has 0 aromatic carbocycles. The Morgan fingerprint density at radius 1 is 0.765 bits per heavy atom. The van der Waals surface area contributed by atoms with Crippen molar-refractivity contribution in [3.63, 3.8) is 0 Å². The quantitative estimate of drug-likeness (QED) is 0.113. The van der Waals surface area contributed by atoms with Gasteiger partial charge in [0, 0.05) is 25.9 Å². The number of carbonyl (C=O) groups excluding carboxylic acids is 1. The lowest BCUT2D eigenvalue weighted by Crippen LogP contribution is -2.50. The molecular formula is C27H56O5Si2. The second-order valence-electron chi connectivity index (χ2n) is 10.2. The highest BCUT2D eigenvalue weighted by molar-refractivity contribution is 6.76. The Morgan fingerprint density at radius 2 is 1.24 bits per heavy atom. The molecule has 0 aromatic rings. The molecule has 0 heterocycles. The van der Waals surface area contributed by atoms with Crippen LogP contribution in [0.15, 0.2) is 0 Å². The normalized spacial score (nSPS) is 16.2. The van der Waals surface area contributed by atoms with E-state index < -0.39 is 17.1 Å². The molecule has 0 N–H and O–H groups in total. The van der Waals surface area contributed by atoms with E-state index in [2.05, 4.69) is 13.8 Å². The monoisotopic (exact) mass is 516 g/mol. The molecule has 202 valence electrons. The standard InChI is InChI=1S/C27H56O5Si2/c1-7-12-14-18-22-33(23-19-15-13-8-2,26-20-16-17-21-26)32-27(28)25(6)24-34(29-9-3,30-10-4)31-11-5/h25-26H,7-24H2,1-6H3. The topological polar surface area (TPSA) is 54.0 Å². The molecule has 1 fully saturated rings. The summed E-state index contributed by atoms with van der Waals surface area (Å²) in [5.74, 6) is -0.295. The molecule has 1 saturated carbocycles. The summed E-state index contributed by atoms with van der Waals surface area (Å²) in [7, 11) is -5.06. The summed E-state index contributed by atoms with van der Waals surface area (Å²) >= 11 is 0. The van der Waals surface area contributed by atoms with Crippen LogP contribution in [0.5, 0.6) is 0 Å². The molecule has 0 saturated heterocycles. The molecule has 0 radical (unpaired) electrons. The Hall–Kier alpha value is -0.216. The van der Waals surface area contributed by atoms with Crippen LogP contribution >= 0.6 is 0 Å². The highest BCUT2D eigenvalue weighted by Crippen LogP contribution is 2.45. The molecule has 1 aliphatic carbocycles. The zero-order valence-electron chi connectivity index (χ0n) is 23.4. The van der Waals surface area contributed by atoms with E-state index in [0.29, 0.717) is 31.4 Å². The lowest BCUT2D eigenvalue weighted by Gasteiger charge is -2.38. The molecule has 1 atom stereocenters. The summed E-state index contributed by atoms with van der Waals surface area (Å²) in [6.45, 7) is 14.0. The first kappa shape index (κ1) is 31.8. The van der Waals surface area contributed by atoms with Gasteiger partial charge in [-0.15, -0.1) is 0 Å². The first-order chi connectivity index (χ1) is 16.4. The third-order valence-electron chi connectivity index (χ3n) is 7.36. The van der Waals surface area contributed by atoms with Gasteiger partial charge in [0.2, 0.25) is 0 Å². The Balaban J connectivity index is 3.04. The number of rotatable bonds is 21. The van der Waals surface area contributed by atoms with Crippen molar-refractivity contribution in [3.05, 3.63) is 0 Å². The van der Waals surface area contributed by atoms with Crippen LogP contribution in [0.25, 0.3) is 0 Å². The van der Waals surface area contributed by atoms with Crippen LogP contribution in [0.4, 0.5) is 0 Å². The molecule has 0 aromatic heterocycles. The van der Waals surface area contributed by atoms with Gasteiger partial charge in [-0.25, -0.2) is 0 Å². The first-order valence-electron chi connectivity index (χ1n) is 14.6. The Labute approximate surface area is 213 Å². The second-order valence-corrected chi connectivity index (χ2v) is 17.0. The van der Waals surface area contributed by atoms with Crippen LogP contribution in [0, 0.1) is 5.92 Å². The highest BCUT2D eigenvalue weighted by Gasteiger charge is 2.49. The Morgan fingerprint density at radius 3 is 1.65 bits per heavy atom. The van der Waals surface area contributed by atoms with E-state index in [-0.39, 0.29) is 11.9 Å². The Kier molecular flexibility index (Phi) is 16.9. The summed E-state index contributed by atoms with van der Waals surface area (Å²) in [5.41, 5.74) is 0.639. The van der Waals surface area contributed by atoms with Gasteiger partial charge in [0.15, 0.2) is 0 Å². The van der Waals surface area contributed by atoms with E-state index in [1.807, 2.05) is 27.7 Å². The molecule has 5 nitrogen and oxygen atoms in total. The van der Waals surface area contributed by atoms with Crippen LogP contribution in [-0.4, -0.2) is 42.9 Å². The molecule has 0 bridgehead atoms. The van der Waals surface area contributed by atoms with E-state index in [9.17, 15) is 4.79 Å². The van der Waals surface area contributed by atoms with Crippen molar-refractivity contribution in [1.29, 1.82) is 0 Å². The van der Waals surface area contributed by atoms with Crippen molar-refractivity contribution in [3.8, 4) is 0 Å². The van der Waals surface area contributed by atoms with Gasteiger partial charge in [-0.1, -0.05) is 85.0 Å². The van der Waals surface area contributed by atoms with Gasteiger partial charge in [-0.3, -0.25) is 4.79 Å². The van der Waals surface area contributed by atoms with E-state index in [1.54, 1.807) is 0 Å². The maximum absolute atomic E-state index is 13.7. The predicted molar refractivity (Wildman–Crippen MR) is 147 cm³/mol. The number of unbranched alkanes of at least 4 members (excludes halogenated alkanes) is 6. The lowest BCUT2D eigenvalue weighted by atomic mass is 10.2. The van der Waals surface area contributed by atoms with Crippen LogP contribution in [-0.2, 0) is 22.5 Å². The molecule has 0 spiro atoms. The third-order valence-corrected chi connectivity index (χ3v) is 15.7. The average Bonchev–Trinajstić information content (AvgIpc) is 3.35. The van der Waals surface area contributed by atoms with Crippen molar-refractivity contribution >= 4 is 23.1 Å². The fourth-order valence-electron chi connectivity index (χ4n) is 5.59. The predicted octanol–water partition coefficient (Wildman–Crippen LogP) is 8.26. The molecule has 1 aliphatic rings. The van der Waals surface area contributed by atoms with Gasteiger partial charge in [0.1, 0.15) is 0 Å². The van der Waals surface area contributed by atoms with E-state index >= 15 is 0 Å². The SMILES string of the molecule is CCCCCC[Si](CCCCCC)(OC(=O)C(C)C[Si](OCC)(OCC)OCC)C1CCCC1. The number of hydrogen-bond acceptors (Lipinski definition) is 5. The molecule has 1 rings (SSSR count). The fourth-order valence-corrected chi connectivity index (χ4v) is 13.6.